The SMILES string of the molecule is CC(C)(C)N1C[C@@H](C(=O)N2CCN([C@@H](Cc3ccc4ccccc4c3)C(=O)O)CC23CC3)[C@H](c2ccc(F)cc2F)C1. The van der Waals surface area contributed by atoms with Gasteiger partial charge in [0.05, 0.1) is 11.5 Å². The number of fused-ring (bicyclic) bond motifs is 1. The van der Waals surface area contributed by atoms with Crippen molar-refractivity contribution in [2.24, 2.45) is 5.92 Å². The van der Waals surface area contributed by atoms with Crippen molar-refractivity contribution in [2.45, 2.75) is 63.1 Å². The van der Waals surface area contributed by atoms with Gasteiger partial charge in [-0.3, -0.25) is 19.4 Å². The van der Waals surface area contributed by atoms with E-state index in [1.807, 2.05) is 46.2 Å². The maximum absolute atomic E-state index is 15.0. The molecule has 3 fully saturated rings. The van der Waals surface area contributed by atoms with Gasteiger partial charge < -0.3 is 10.0 Å². The lowest BCUT2D eigenvalue weighted by molar-refractivity contribution is -0.148. The number of halogens is 2. The molecule has 2 saturated heterocycles. The van der Waals surface area contributed by atoms with Gasteiger partial charge in [-0.15, -0.1) is 0 Å². The van der Waals surface area contributed by atoms with Crippen LogP contribution in [-0.4, -0.2) is 81.5 Å². The van der Waals surface area contributed by atoms with Crippen molar-refractivity contribution in [3.63, 3.8) is 0 Å². The summed E-state index contributed by atoms with van der Waals surface area (Å²) in [6, 6.07) is 17.1. The maximum atomic E-state index is 15.0. The highest BCUT2D eigenvalue weighted by atomic mass is 19.1. The van der Waals surface area contributed by atoms with Gasteiger partial charge in [-0.2, -0.15) is 0 Å². The van der Waals surface area contributed by atoms with Crippen LogP contribution in [0.5, 0.6) is 0 Å². The van der Waals surface area contributed by atoms with Gasteiger partial charge in [-0.1, -0.05) is 48.5 Å². The minimum atomic E-state index is -0.859. The summed E-state index contributed by atoms with van der Waals surface area (Å²) in [5.41, 5.74) is 0.748. The van der Waals surface area contributed by atoms with E-state index < -0.39 is 35.1 Å². The van der Waals surface area contributed by atoms with Crippen LogP contribution >= 0.6 is 0 Å². The average Bonchev–Trinajstić information content (AvgIpc) is 3.54. The summed E-state index contributed by atoms with van der Waals surface area (Å²) in [7, 11) is 0. The molecule has 0 aromatic heterocycles. The second-order valence-corrected chi connectivity index (χ2v) is 13.4. The first-order valence-corrected chi connectivity index (χ1v) is 14.9. The molecule has 3 aliphatic rings. The normalized spacial score (nSPS) is 23.4. The monoisotopic (exact) mass is 575 g/mol. The molecule has 3 aromatic carbocycles. The molecule has 1 amide bonds. The number of rotatable bonds is 6. The molecule has 0 radical (unpaired) electrons. The summed E-state index contributed by atoms with van der Waals surface area (Å²) in [6.45, 7) is 8.67. The fraction of sp³-hybridized carbons (Fsp3) is 0.471. The minimum absolute atomic E-state index is 0.00553. The number of hydrogen-bond donors (Lipinski definition) is 1. The van der Waals surface area contributed by atoms with Crippen molar-refractivity contribution in [2.75, 3.05) is 32.7 Å². The molecule has 2 heterocycles. The van der Waals surface area contributed by atoms with Crippen molar-refractivity contribution in [3.8, 4) is 0 Å². The molecule has 6 rings (SSSR count). The maximum Gasteiger partial charge on any atom is 0.321 e. The Labute approximate surface area is 245 Å². The molecule has 3 aromatic rings. The summed E-state index contributed by atoms with van der Waals surface area (Å²) in [4.78, 5) is 33.0. The zero-order chi connectivity index (χ0) is 29.8. The average molecular weight is 576 g/mol. The molecule has 6 nitrogen and oxygen atoms in total. The van der Waals surface area contributed by atoms with E-state index in [0.717, 1.165) is 35.2 Å². The summed E-state index contributed by atoms with van der Waals surface area (Å²) in [5, 5.41) is 12.5. The Morgan fingerprint density at radius 2 is 1.71 bits per heavy atom. The number of amides is 1. The molecule has 1 saturated carbocycles. The van der Waals surface area contributed by atoms with Crippen LogP contribution in [0.4, 0.5) is 8.78 Å². The van der Waals surface area contributed by atoms with Crippen LogP contribution in [-0.2, 0) is 16.0 Å². The third kappa shape index (κ3) is 5.42. The number of carbonyl (C=O) groups excluding carboxylic acids is 1. The number of aliphatic carboxylic acids is 1. The Balaban J connectivity index is 1.22. The van der Waals surface area contributed by atoms with E-state index in [1.165, 1.54) is 12.1 Å². The second-order valence-electron chi connectivity index (χ2n) is 13.4. The van der Waals surface area contributed by atoms with E-state index in [4.69, 9.17) is 0 Å². The Morgan fingerprint density at radius 3 is 2.38 bits per heavy atom. The van der Waals surface area contributed by atoms with Gasteiger partial charge in [0, 0.05) is 50.2 Å². The molecule has 3 atom stereocenters. The van der Waals surface area contributed by atoms with Crippen LogP contribution in [0, 0.1) is 17.6 Å². The van der Waals surface area contributed by atoms with E-state index in [1.54, 1.807) is 0 Å². The van der Waals surface area contributed by atoms with E-state index in [0.29, 0.717) is 44.7 Å². The summed E-state index contributed by atoms with van der Waals surface area (Å²) in [6.07, 6.45) is 2.03. The highest BCUT2D eigenvalue weighted by molar-refractivity contribution is 5.84. The number of likely N-dealkylation sites (tertiary alicyclic amines) is 1. The number of nitrogens with zero attached hydrogens (tertiary/aromatic N) is 3. The van der Waals surface area contributed by atoms with Crippen LogP contribution in [0.1, 0.15) is 50.7 Å². The van der Waals surface area contributed by atoms with E-state index in [9.17, 15) is 19.1 Å². The van der Waals surface area contributed by atoms with Gasteiger partial charge in [-0.25, -0.2) is 8.78 Å². The molecule has 1 aliphatic carbocycles. The molecule has 1 N–H and O–H groups in total. The highest BCUT2D eigenvalue weighted by Crippen LogP contribution is 2.47. The van der Waals surface area contributed by atoms with E-state index in [2.05, 4.69) is 31.7 Å². The fourth-order valence-corrected chi connectivity index (χ4v) is 7.07. The fourth-order valence-electron chi connectivity index (χ4n) is 7.07. The molecule has 222 valence electrons. The zero-order valence-corrected chi connectivity index (χ0v) is 24.5. The summed E-state index contributed by atoms with van der Waals surface area (Å²) in [5.74, 6) is -2.95. The van der Waals surface area contributed by atoms with E-state index in [-0.39, 0.29) is 17.4 Å². The van der Waals surface area contributed by atoms with E-state index >= 15 is 4.39 Å². The molecular weight excluding hydrogens is 536 g/mol. The van der Waals surface area contributed by atoms with Crippen molar-refractivity contribution in [3.05, 3.63) is 83.4 Å². The highest BCUT2D eigenvalue weighted by Gasteiger charge is 2.56. The van der Waals surface area contributed by atoms with Crippen LogP contribution in [0.25, 0.3) is 10.8 Å². The third-order valence-electron chi connectivity index (χ3n) is 9.69. The quantitative estimate of drug-likeness (QED) is 0.432. The van der Waals surface area contributed by atoms with Crippen LogP contribution in [0.3, 0.4) is 0 Å². The topological polar surface area (TPSA) is 64.1 Å². The zero-order valence-electron chi connectivity index (χ0n) is 24.5. The van der Waals surface area contributed by atoms with Crippen molar-refractivity contribution >= 4 is 22.6 Å². The predicted octanol–water partition coefficient (Wildman–Crippen LogP) is 5.30. The van der Waals surface area contributed by atoms with Crippen LogP contribution in [0.15, 0.2) is 60.7 Å². The number of hydrogen-bond acceptors (Lipinski definition) is 4. The Kier molecular flexibility index (Phi) is 7.34. The van der Waals surface area contributed by atoms with Crippen molar-refractivity contribution in [1.29, 1.82) is 0 Å². The molecule has 0 unspecified atom stereocenters. The second kappa shape index (κ2) is 10.7. The van der Waals surface area contributed by atoms with Crippen LogP contribution in [0.2, 0.25) is 0 Å². The number of piperazine rings is 1. The molecular formula is C34H39F2N3O3. The smallest absolute Gasteiger partial charge is 0.321 e. The van der Waals surface area contributed by atoms with Gasteiger partial charge in [0.2, 0.25) is 5.91 Å². The van der Waals surface area contributed by atoms with Gasteiger partial charge in [0.25, 0.3) is 0 Å². The number of carbonyl (C=O) groups is 2. The Morgan fingerprint density at radius 1 is 0.976 bits per heavy atom. The lowest BCUT2D eigenvalue weighted by Crippen LogP contribution is -2.62. The Bertz CT molecular complexity index is 1520. The Hall–Kier alpha value is -3.36. The largest absolute Gasteiger partial charge is 0.480 e. The minimum Gasteiger partial charge on any atom is -0.480 e. The van der Waals surface area contributed by atoms with Gasteiger partial charge in [-0.05, 0) is 68.0 Å². The van der Waals surface area contributed by atoms with Crippen molar-refractivity contribution in [1.82, 2.24) is 14.7 Å². The molecule has 8 heteroatoms. The number of carboxylic acids is 1. The standard InChI is InChI=1S/C34H39F2N3O3/c1-33(2,3)38-19-27(26-11-10-25(35)18-29(26)36)28(20-38)31(40)39-15-14-37(21-34(39)12-13-34)30(32(41)42)17-22-8-9-23-6-4-5-7-24(23)16-22/h4-11,16,18,27-28,30H,12-15,17,19-21H2,1-3H3,(H,41,42)/t27-,28+,30-/m0/s1. The molecule has 0 bridgehead atoms. The first-order valence-electron chi connectivity index (χ1n) is 14.9. The predicted molar refractivity (Wildman–Crippen MR) is 158 cm³/mol. The summed E-state index contributed by atoms with van der Waals surface area (Å²) < 4.78 is 28.8. The van der Waals surface area contributed by atoms with Gasteiger partial charge in [0.1, 0.15) is 17.7 Å². The van der Waals surface area contributed by atoms with Gasteiger partial charge in [0.15, 0.2) is 0 Å². The molecule has 2 aliphatic heterocycles. The lowest BCUT2D eigenvalue weighted by atomic mass is 9.86. The molecule has 1 spiro atoms. The number of carboxylic acid groups (broad SMARTS) is 1. The first-order chi connectivity index (χ1) is 19.9. The van der Waals surface area contributed by atoms with Gasteiger partial charge >= 0.3 is 5.97 Å². The van der Waals surface area contributed by atoms with Crippen LogP contribution < -0.4 is 0 Å². The first kappa shape index (κ1) is 28.7. The summed E-state index contributed by atoms with van der Waals surface area (Å²) >= 11 is 0. The third-order valence-corrected chi connectivity index (χ3v) is 9.69. The lowest BCUT2D eigenvalue weighted by Gasteiger charge is -2.45. The van der Waals surface area contributed by atoms with Crippen molar-refractivity contribution < 1.29 is 23.5 Å². The molecule has 42 heavy (non-hydrogen) atoms. The number of benzene rings is 3.